The largest absolute Gasteiger partial charge is 0.324 e. The third-order valence-electron chi connectivity index (χ3n) is 3.42. The van der Waals surface area contributed by atoms with Crippen LogP contribution in [0.2, 0.25) is 0 Å². The first-order chi connectivity index (χ1) is 11.3. The van der Waals surface area contributed by atoms with E-state index < -0.39 is 0 Å². The Morgan fingerprint density at radius 2 is 1.91 bits per heavy atom. The van der Waals surface area contributed by atoms with Gasteiger partial charge in [0, 0.05) is 33.4 Å². The van der Waals surface area contributed by atoms with Crippen molar-refractivity contribution in [1.82, 2.24) is 9.99 Å². The predicted molar refractivity (Wildman–Crippen MR) is 94.5 cm³/mol. The van der Waals surface area contributed by atoms with E-state index in [1.54, 1.807) is 29.7 Å². The third-order valence-corrected chi connectivity index (χ3v) is 4.59. The lowest BCUT2D eigenvalue weighted by Gasteiger charge is -2.04. The van der Waals surface area contributed by atoms with Crippen molar-refractivity contribution >= 4 is 23.5 Å². The van der Waals surface area contributed by atoms with Crippen LogP contribution < -0.4 is 5.43 Å². The fourth-order valence-electron chi connectivity index (χ4n) is 2.16. The van der Waals surface area contributed by atoms with Crippen LogP contribution in [0, 0.1) is 0 Å². The quantitative estimate of drug-likeness (QED) is 0.562. The number of aromatic nitrogens is 1. The average molecular weight is 323 g/mol. The molecule has 1 N–H and O–H groups in total. The molecule has 1 amide bonds. The smallest absolute Gasteiger partial charge is 0.271 e. The van der Waals surface area contributed by atoms with Crippen molar-refractivity contribution in [3.8, 4) is 5.69 Å². The van der Waals surface area contributed by atoms with Gasteiger partial charge in [0.15, 0.2) is 0 Å². The molecule has 0 saturated carbocycles. The number of hydrogen-bond acceptors (Lipinski definition) is 3. The monoisotopic (exact) mass is 323 g/mol. The fraction of sp³-hybridized carbons (Fsp3) is 0.111. The second-order valence-electron chi connectivity index (χ2n) is 4.99. The Morgan fingerprint density at radius 1 is 1.17 bits per heavy atom. The Balaban J connectivity index is 1.61. The molecule has 0 fully saturated rings. The Bertz CT molecular complexity index is 801. The molecule has 0 atom stereocenters. The van der Waals surface area contributed by atoms with Crippen molar-refractivity contribution < 1.29 is 4.79 Å². The molecule has 3 rings (SSSR count). The van der Waals surface area contributed by atoms with E-state index in [9.17, 15) is 4.79 Å². The summed E-state index contributed by atoms with van der Waals surface area (Å²) >= 11 is 1.68. The molecule has 0 saturated heterocycles. The second kappa shape index (κ2) is 7.07. The van der Waals surface area contributed by atoms with Crippen LogP contribution in [0.1, 0.15) is 27.0 Å². The fourth-order valence-corrected chi connectivity index (χ4v) is 2.99. The van der Waals surface area contributed by atoms with Crippen molar-refractivity contribution in [3.05, 3.63) is 76.2 Å². The average Bonchev–Trinajstić information content (AvgIpc) is 3.26. The van der Waals surface area contributed by atoms with Gasteiger partial charge in [-0.25, -0.2) is 5.43 Å². The number of nitrogens with one attached hydrogen (secondary N) is 1. The number of nitrogens with zero attached hydrogens (tertiary/aromatic N) is 2. The Kier molecular flexibility index (Phi) is 4.68. The number of benzene rings is 1. The highest BCUT2D eigenvalue weighted by molar-refractivity contribution is 7.13. The van der Waals surface area contributed by atoms with Gasteiger partial charge in [-0.1, -0.05) is 6.92 Å². The van der Waals surface area contributed by atoms with E-state index >= 15 is 0 Å². The highest BCUT2D eigenvalue weighted by Crippen LogP contribution is 2.14. The van der Waals surface area contributed by atoms with Crippen LogP contribution in [0.15, 0.2) is 66.0 Å². The molecule has 5 heteroatoms. The first-order valence-electron chi connectivity index (χ1n) is 7.42. The van der Waals surface area contributed by atoms with Gasteiger partial charge in [0.05, 0.1) is 6.21 Å². The van der Waals surface area contributed by atoms with Gasteiger partial charge in [0.25, 0.3) is 5.91 Å². The highest BCUT2D eigenvalue weighted by atomic mass is 32.1. The molecular weight excluding hydrogens is 306 g/mol. The first kappa shape index (κ1) is 15.2. The molecule has 116 valence electrons. The molecule has 2 aromatic heterocycles. The number of hydrazone groups is 1. The van der Waals surface area contributed by atoms with E-state index in [1.165, 1.54) is 4.88 Å². The lowest BCUT2D eigenvalue weighted by molar-refractivity contribution is 0.0955. The number of carbonyl (C=O) groups excluding carboxylic acids is 1. The van der Waals surface area contributed by atoms with Crippen LogP contribution in [0.25, 0.3) is 5.69 Å². The lowest BCUT2D eigenvalue weighted by atomic mass is 10.2. The van der Waals surface area contributed by atoms with Gasteiger partial charge in [0.2, 0.25) is 0 Å². The zero-order valence-electron chi connectivity index (χ0n) is 12.8. The third kappa shape index (κ3) is 3.76. The maximum atomic E-state index is 12.1. The van der Waals surface area contributed by atoms with Crippen LogP contribution in [0.4, 0.5) is 0 Å². The summed E-state index contributed by atoms with van der Waals surface area (Å²) < 4.78 is 1.99. The first-order valence-corrected chi connectivity index (χ1v) is 8.23. The molecule has 0 spiro atoms. The number of aryl methyl sites for hydroxylation is 1. The topological polar surface area (TPSA) is 46.4 Å². The van der Waals surface area contributed by atoms with Crippen molar-refractivity contribution in [2.24, 2.45) is 5.10 Å². The van der Waals surface area contributed by atoms with Gasteiger partial charge in [-0.05, 0) is 55.0 Å². The summed E-state index contributed by atoms with van der Waals surface area (Å²) in [6.07, 6.45) is 6.62. The normalized spacial score (nSPS) is 11.0. The molecule has 0 aliphatic heterocycles. The molecule has 0 aliphatic carbocycles. The minimum absolute atomic E-state index is 0.215. The van der Waals surface area contributed by atoms with E-state index in [1.807, 2.05) is 47.3 Å². The molecule has 3 aromatic rings. The van der Waals surface area contributed by atoms with E-state index in [-0.39, 0.29) is 5.91 Å². The molecule has 4 nitrogen and oxygen atoms in total. The van der Waals surface area contributed by atoms with E-state index in [4.69, 9.17) is 0 Å². The summed E-state index contributed by atoms with van der Waals surface area (Å²) in [5, 5.41) is 4.02. The summed E-state index contributed by atoms with van der Waals surface area (Å²) in [5.74, 6) is -0.215. The molecule has 23 heavy (non-hydrogen) atoms. The molecule has 0 aliphatic rings. The van der Waals surface area contributed by atoms with Crippen LogP contribution >= 0.6 is 11.3 Å². The number of amides is 1. The van der Waals surface area contributed by atoms with Gasteiger partial charge in [-0.15, -0.1) is 11.3 Å². The van der Waals surface area contributed by atoms with E-state index in [0.717, 1.165) is 17.0 Å². The zero-order valence-corrected chi connectivity index (χ0v) is 13.6. The highest BCUT2D eigenvalue weighted by Gasteiger charge is 2.04. The minimum Gasteiger partial charge on any atom is -0.324 e. The van der Waals surface area contributed by atoms with Gasteiger partial charge in [0.1, 0.15) is 0 Å². The van der Waals surface area contributed by atoms with Crippen LogP contribution in [0.3, 0.4) is 0 Å². The molecule has 0 radical (unpaired) electrons. The maximum Gasteiger partial charge on any atom is 0.271 e. The molecule has 0 unspecified atom stereocenters. The van der Waals surface area contributed by atoms with Gasteiger partial charge < -0.3 is 4.57 Å². The predicted octanol–water partition coefficient (Wildman–Crippen LogP) is 3.87. The van der Waals surface area contributed by atoms with Crippen molar-refractivity contribution in [3.63, 3.8) is 0 Å². The summed E-state index contributed by atoms with van der Waals surface area (Å²) in [7, 11) is 0. The van der Waals surface area contributed by atoms with Crippen LogP contribution in [-0.4, -0.2) is 16.7 Å². The van der Waals surface area contributed by atoms with Gasteiger partial charge in [-0.3, -0.25) is 4.79 Å². The van der Waals surface area contributed by atoms with Crippen LogP contribution in [0.5, 0.6) is 0 Å². The minimum atomic E-state index is -0.215. The summed E-state index contributed by atoms with van der Waals surface area (Å²) in [4.78, 5) is 14.4. The molecule has 2 heterocycles. The number of rotatable bonds is 5. The number of hydrogen-bond donors (Lipinski definition) is 1. The van der Waals surface area contributed by atoms with Gasteiger partial charge in [-0.2, -0.15) is 5.10 Å². The summed E-state index contributed by atoms with van der Waals surface area (Å²) in [6.45, 7) is 2.12. The standard InChI is InChI=1S/C18H17N3OS/c1-2-16-9-10-17(23-16)13-19-20-18(22)14-5-7-15(8-6-14)21-11-3-4-12-21/h3-13H,2H2,1H3,(H,20,22). The van der Waals surface area contributed by atoms with Crippen molar-refractivity contribution in [2.45, 2.75) is 13.3 Å². The van der Waals surface area contributed by atoms with Gasteiger partial charge >= 0.3 is 0 Å². The second-order valence-corrected chi connectivity index (χ2v) is 6.19. The number of thiophene rings is 1. The Hall–Kier alpha value is -2.66. The Labute approximate surface area is 139 Å². The lowest BCUT2D eigenvalue weighted by Crippen LogP contribution is -2.17. The van der Waals surface area contributed by atoms with E-state index in [2.05, 4.69) is 23.5 Å². The molecule has 1 aromatic carbocycles. The van der Waals surface area contributed by atoms with Crippen molar-refractivity contribution in [2.75, 3.05) is 0 Å². The number of carbonyl (C=O) groups is 1. The zero-order chi connectivity index (χ0) is 16.1. The Morgan fingerprint density at radius 3 is 2.57 bits per heavy atom. The van der Waals surface area contributed by atoms with Crippen molar-refractivity contribution in [1.29, 1.82) is 0 Å². The van der Waals surface area contributed by atoms with E-state index in [0.29, 0.717) is 5.56 Å². The SMILES string of the molecule is CCc1ccc(C=NNC(=O)c2ccc(-n3cccc3)cc2)s1. The summed E-state index contributed by atoms with van der Waals surface area (Å²) in [6, 6.07) is 15.4. The molecular formula is C18H17N3OS. The van der Waals surface area contributed by atoms with Crippen LogP contribution in [-0.2, 0) is 6.42 Å². The molecule has 0 bridgehead atoms. The maximum absolute atomic E-state index is 12.1. The summed E-state index contributed by atoms with van der Waals surface area (Å²) in [5.41, 5.74) is 4.16.